The van der Waals surface area contributed by atoms with Crippen molar-refractivity contribution in [3.63, 3.8) is 0 Å². The highest BCUT2D eigenvalue weighted by Gasteiger charge is 2.26. The quantitative estimate of drug-likeness (QED) is 0.608. The molecule has 0 N–H and O–H groups in total. The highest BCUT2D eigenvalue weighted by atomic mass is 28.3. The summed E-state index contributed by atoms with van der Waals surface area (Å²) in [5.41, 5.74) is 6.58. The number of rotatable bonds is 6. The topological polar surface area (TPSA) is 44.2 Å². The van der Waals surface area contributed by atoms with Crippen LogP contribution in [0.1, 0.15) is 11.1 Å². The first-order valence-electron chi connectivity index (χ1n) is 8.83. The van der Waals surface area contributed by atoms with Crippen molar-refractivity contribution in [2.45, 2.75) is 13.1 Å². The zero-order valence-electron chi connectivity index (χ0n) is 16.1. The molecule has 0 atom stereocenters. The van der Waals surface area contributed by atoms with E-state index in [1.807, 2.05) is 42.7 Å². The number of methoxy groups -OCH3 is 2. The molecular weight excluding hydrogens is 352 g/mol. The van der Waals surface area contributed by atoms with E-state index in [-0.39, 0.29) is 0 Å². The molecule has 4 nitrogen and oxygen atoms in total. The monoisotopic (exact) mass is 376 g/mol. The molecule has 0 aliphatic rings. The zero-order valence-corrected chi connectivity index (χ0v) is 17.1. The van der Waals surface area contributed by atoms with Gasteiger partial charge in [-0.3, -0.25) is 0 Å². The van der Waals surface area contributed by atoms with Crippen LogP contribution in [0.5, 0.6) is 11.5 Å². The summed E-state index contributed by atoms with van der Waals surface area (Å²) in [5, 5.41) is 0. The molecule has 0 saturated heterocycles. The highest BCUT2D eigenvalue weighted by molar-refractivity contribution is 6.93. The van der Waals surface area contributed by atoms with Crippen LogP contribution < -0.4 is 14.9 Å². The Labute approximate surface area is 161 Å². The first-order chi connectivity index (χ1) is 13.0. The Balaban J connectivity index is 2.17. The van der Waals surface area contributed by atoms with Crippen molar-refractivity contribution in [1.29, 1.82) is 0 Å². The summed E-state index contributed by atoms with van der Waals surface area (Å²) in [6.07, 6.45) is 3.61. The van der Waals surface area contributed by atoms with Crippen molar-refractivity contribution < 1.29 is 9.47 Å². The van der Waals surface area contributed by atoms with Gasteiger partial charge in [0.1, 0.15) is 16.9 Å². The molecule has 1 aromatic heterocycles. The summed E-state index contributed by atoms with van der Waals surface area (Å²) < 4.78 is 10.9. The molecule has 1 heterocycles. The molecule has 0 aliphatic heterocycles. The lowest BCUT2D eigenvalue weighted by molar-refractivity contribution is 0.414. The van der Waals surface area contributed by atoms with Gasteiger partial charge >= 0.3 is 0 Å². The van der Waals surface area contributed by atoms with Gasteiger partial charge in [0.2, 0.25) is 0 Å². The van der Waals surface area contributed by atoms with E-state index in [2.05, 4.69) is 53.0 Å². The first-order valence-corrected chi connectivity index (χ1v) is 11.9. The number of aromatic nitrogens is 2. The maximum Gasteiger partial charge on any atom is 0.152 e. The Kier molecular flexibility index (Phi) is 5.71. The number of nitrogens with zero attached hydrogens (tertiary/aromatic N) is 2. The second-order valence-corrected chi connectivity index (χ2v) is 11.0. The molecule has 0 spiro atoms. The number of benzene rings is 2. The van der Waals surface area contributed by atoms with Crippen molar-refractivity contribution in [2.24, 2.45) is 0 Å². The molecule has 5 heteroatoms. The van der Waals surface area contributed by atoms with Crippen LogP contribution in [0.4, 0.5) is 0 Å². The average molecular weight is 377 g/mol. The summed E-state index contributed by atoms with van der Waals surface area (Å²) in [7, 11) is 1.34. The van der Waals surface area contributed by atoms with Crippen molar-refractivity contribution in [3.8, 4) is 11.5 Å². The fourth-order valence-electron chi connectivity index (χ4n) is 2.97. The van der Waals surface area contributed by atoms with E-state index >= 15 is 0 Å². The van der Waals surface area contributed by atoms with E-state index in [0.29, 0.717) is 0 Å². The normalized spacial score (nSPS) is 11.0. The van der Waals surface area contributed by atoms with Gasteiger partial charge in [0.25, 0.3) is 0 Å². The van der Waals surface area contributed by atoms with Gasteiger partial charge in [0.15, 0.2) is 8.07 Å². The van der Waals surface area contributed by atoms with Crippen LogP contribution in [0.3, 0.4) is 0 Å². The molecule has 27 heavy (non-hydrogen) atoms. The van der Waals surface area contributed by atoms with Gasteiger partial charge in [-0.1, -0.05) is 43.1 Å². The maximum atomic E-state index is 5.44. The fourth-order valence-corrected chi connectivity index (χ4v) is 4.97. The second-order valence-electron chi connectivity index (χ2n) is 6.82. The lowest BCUT2D eigenvalue weighted by Gasteiger charge is -2.20. The highest BCUT2D eigenvalue weighted by Crippen LogP contribution is 2.30. The fraction of sp³-hybridized carbons (Fsp3) is 0.182. The Hall–Kier alpha value is -2.92. The largest absolute Gasteiger partial charge is 0.497 e. The van der Waals surface area contributed by atoms with Crippen LogP contribution in [-0.2, 0) is 0 Å². The van der Waals surface area contributed by atoms with E-state index < -0.39 is 8.07 Å². The zero-order chi connectivity index (χ0) is 19.3. The summed E-state index contributed by atoms with van der Waals surface area (Å²) in [6.45, 7) is 4.51. The predicted molar refractivity (Wildman–Crippen MR) is 112 cm³/mol. The minimum atomic E-state index is -2.03. The Morgan fingerprint density at radius 2 is 1.33 bits per heavy atom. The smallest absolute Gasteiger partial charge is 0.152 e. The minimum Gasteiger partial charge on any atom is -0.497 e. The first kappa shape index (κ1) is 18.9. The average Bonchev–Trinajstić information content (AvgIpc) is 2.72. The number of ether oxygens (including phenoxy) is 2. The van der Waals surface area contributed by atoms with Gasteiger partial charge in [0, 0.05) is 12.4 Å². The van der Waals surface area contributed by atoms with Crippen LogP contribution in [0.2, 0.25) is 13.1 Å². The predicted octanol–water partition coefficient (Wildman–Crippen LogP) is 4.08. The van der Waals surface area contributed by atoms with Crippen molar-refractivity contribution in [1.82, 2.24) is 9.97 Å². The Morgan fingerprint density at radius 1 is 0.815 bits per heavy atom. The SMILES string of the molecule is COc1cccc(C(=C[Si](C)(C)c2ncccn2)c2cccc(OC)c2)c1. The van der Waals surface area contributed by atoms with Gasteiger partial charge in [-0.15, -0.1) is 0 Å². The summed E-state index contributed by atoms with van der Waals surface area (Å²) >= 11 is 0. The van der Waals surface area contributed by atoms with Gasteiger partial charge in [-0.25, -0.2) is 9.97 Å². The Bertz CT molecular complexity index is 890. The maximum absolute atomic E-state index is 5.44. The summed E-state index contributed by atoms with van der Waals surface area (Å²) in [5.74, 6) is 1.66. The molecule has 0 saturated carbocycles. The summed E-state index contributed by atoms with van der Waals surface area (Å²) in [6, 6.07) is 18.1. The van der Waals surface area contributed by atoms with E-state index in [0.717, 1.165) is 33.6 Å². The van der Waals surface area contributed by atoms with E-state index in [9.17, 15) is 0 Å². The molecule has 0 radical (unpaired) electrons. The van der Waals surface area contributed by atoms with Gasteiger partial charge in [0.05, 0.1) is 14.2 Å². The molecule has 0 unspecified atom stereocenters. The van der Waals surface area contributed by atoms with Crippen molar-refractivity contribution >= 4 is 19.1 Å². The third kappa shape index (κ3) is 4.44. The third-order valence-corrected chi connectivity index (χ3v) is 6.83. The third-order valence-electron chi connectivity index (χ3n) is 4.41. The van der Waals surface area contributed by atoms with Crippen LogP contribution in [0.15, 0.2) is 72.7 Å². The molecular formula is C22H24N2O2Si. The minimum absolute atomic E-state index is 0.830. The van der Waals surface area contributed by atoms with E-state index in [1.165, 1.54) is 0 Å². The van der Waals surface area contributed by atoms with Crippen LogP contribution in [0.25, 0.3) is 5.57 Å². The lowest BCUT2D eigenvalue weighted by atomic mass is 9.99. The van der Waals surface area contributed by atoms with E-state index in [1.54, 1.807) is 14.2 Å². The summed E-state index contributed by atoms with van der Waals surface area (Å²) in [4.78, 5) is 9.03. The standard InChI is InChI=1S/C22H24N2O2Si/c1-25-19-10-5-8-17(14-19)21(18-9-6-11-20(15-18)26-2)16-27(3,4)22-23-12-7-13-24-22/h5-16H,1-4H3. The number of hydrogen-bond donors (Lipinski definition) is 0. The van der Waals surface area contributed by atoms with Crippen LogP contribution in [-0.4, -0.2) is 32.3 Å². The van der Waals surface area contributed by atoms with Crippen LogP contribution >= 0.6 is 0 Å². The van der Waals surface area contributed by atoms with Gasteiger partial charge in [-0.05, 0) is 47.0 Å². The molecule has 0 amide bonds. The molecule has 2 aromatic carbocycles. The van der Waals surface area contributed by atoms with Gasteiger partial charge < -0.3 is 9.47 Å². The second kappa shape index (κ2) is 8.18. The molecule has 0 bridgehead atoms. The number of hydrogen-bond acceptors (Lipinski definition) is 4. The molecule has 138 valence electrons. The molecule has 0 fully saturated rings. The van der Waals surface area contributed by atoms with E-state index in [4.69, 9.17) is 9.47 Å². The molecule has 0 aliphatic carbocycles. The lowest BCUT2D eigenvalue weighted by Crippen LogP contribution is -2.44. The van der Waals surface area contributed by atoms with Crippen molar-refractivity contribution in [3.05, 3.63) is 83.8 Å². The molecule has 3 aromatic rings. The van der Waals surface area contributed by atoms with Crippen molar-refractivity contribution in [2.75, 3.05) is 14.2 Å². The van der Waals surface area contributed by atoms with Crippen LogP contribution in [0, 0.1) is 0 Å². The Morgan fingerprint density at radius 3 is 1.81 bits per heavy atom. The van der Waals surface area contributed by atoms with Gasteiger partial charge in [-0.2, -0.15) is 0 Å². The molecule has 3 rings (SSSR count).